The van der Waals surface area contributed by atoms with Crippen LogP contribution in [-0.2, 0) is 18.6 Å². The normalized spacial score (nSPS) is 17.6. The van der Waals surface area contributed by atoms with Crippen LogP contribution in [0.1, 0.15) is 20.3 Å². The van der Waals surface area contributed by atoms with Crippen LogP contribution in [0.5, 0.6) is 0 Å². The molecular weight excluding hydrogens is 265 g/mol. The van der Waals surface area contributed by atoms with Gasteiger partial charge in [-0.15, -0.1) is 0 Å². The quantitative estimate of drug-likeness (QED) is 0.354. The standard InChI is InChI=1S/C9H18NO7P/c1-3-16-18(14,15)5-6(2)4-7(10)8(11)17-9(12)13/h6-7H,3-5,10H2,1-2H3,(H,12,13)(H,14,15). The molecular formula is C9H18NO7P. The molecule has 18 heavy (non-hydrogen) atoms. The van der Waals surface area contributed by atoms with E-state index in [1.807, 2.05) is 0 Å². The van der Waals surface area contributed by atoms with Crippen molar-refractivity contribution in [3.8, 4) is 0 Å². The van der Waals surface area contributed by atoms with Gasteiger partial charge in [0.1, 0.15) is 6.04 Å². The van der Waals surface area contributed by atoms with Crippen LogP contribution in [0.2, 0.25) is 0 Å². The van der Waals surface area contributed by atoms with Gasteiger partial charge in [-0.25, -0.2) is 9.59 Å². The molecule has 0 radical (unpaired) electrons. The van der Waals surface area contributed by atoms with E-state index in [1.165, 1.54) is 0 Å². The maximum absolute atomic E-state index is 11.4. The van der Waals surface area contributed by atoms with Crippen LogP contribution in [0.4, 0.5) is 4.79 Å². The Morgan fingerprint density at radius 1 is 1.44 bits per heavy atom. The van der Waals surface area contributed by atoms with Crippen LogP contribution in [0.25, 0.3) is 0 Å². The van der Waals surface area contributed by atoms with Crippen molar-refractivity contribution in [2.24, 2.45) is 11.7 Å². The summed E-state index contributed by atoms with van der Waals surface area (Å²) >= 11 is 0. The minimum absolute atomic E-state index is 0.0315. The van der Waals surface area contributed by atoms with Crippen LogP contribution < -0.4 is 5.73 Å². The molecule has 0 aliphatic carbocycles. The Hall–Kier alpha value is -0.950. The van der Waals surface area contributed by atoms with Gasteiger partial charge in [-0.3, -0.25) is 4.57 Å². The van der Waals surface area contributed by atoms with Gasteiger partial charge in [-0.2, -0.15) is 0 Å². The highest BCUT2D eigenvalue weighted by atomic mass is 31.2. The van der Waals surface area contributed by atoms with Crippen molar-refractivity contribution in [3.05, 3.63) is 0 Å². The highest BCUT2D eigenvalue weighted by molar-refractivity contribution is 7.52. The van der Waals surface area contributed by atoms with Gasteiger partial charge in [0, 0.05) is 0 Å². The van der Waals surface area contributed by atoms with Crippen molar-refractivity contribution < 1.29 is 33.4 Å². The zero-order valence-corrected chi connectivity index (χ0v) is 11.1. The second kappa shape index (κ2) is 7.48. The molecule has 0 aliphatic rings. The number of nitrogens with two attached hydrogens (primary N) is 1. The molecule has 9 heteroatoms. The Balaban J connectivity index is 4.23. The van der Waals surface area contributed by atoms with Gasteiger partial charge < -0.3 is 25.0 Å². The Morgan fingerprint density at radius 2 is 2.00 bits per heavy atom. The smallest absolute Gasteiger partial charge is 0.449 e. The highest BCUT2D eigenvalue weighted by Crippen LogP contribution is 2.44. The third-order valence-electron chi connectivity index (χ3n) is 2.02. The first-order chi connectivity index (χ1) is 8.18. The fourth-order valence-electron chi connectivity index (χ4n) is 1.41. The van der Waals surface area contributed by atoms with E-state index in [-0.39, 0.29) is 25.1 Å². The Labute approximate surface area is 105 Å². The summed E-state index contributed by atoms with van der Waals surface area (Å²) in [5, 5.41) is 8.22. The van der Waals surface area contributed by atoms with E-state index in [0.29, 0.717) is 0 Å². The Bertz CT molecular complexity index is 346. The summed E-state index contributed by atoms with van der Waals surface area (Å²) in [5.74, 6) is -1.47. The summed E-state index contributed by atoms with van der Waals surface area (Å²) in [6, 6.07) is -1.15. The van der Waals surface area contributed by atoms with E-state index in [4.69, 9.17) is 10.8 Å². The SMILES string of the molecule is CCOP(=O)(O)CC(C)CC(N)C(=O)OC(=O)O. The molecule has 0 rings (SSSR count). The van der Waals surface area contributed by atoms with Crippen molar-refractivity contribution in [1.82, 2.24) is 0 Å². The average molecular weight is 283 g/mol. The third kappa shape index (κ3) is 7.39. The largest absolute Gasteiger partial charge is 0.513 e. The number of hydrogen-bond donors (Lipinski definition) is 3. The van der Waals surface area contributed by atoms with Crippen LogP contribution >= 0.6 is 7.60 Å². The van der Waals surface area contributed by atoms with E-state index in [0.717, 1.165) is 0 Å². The zero-order valence-electron chi connectivity index (χ0n) is 10.2. The number of esters is 1. The van der Waals surface area contributed by atoms with Crippen molar-refractivity contribution in [2.75, 3.05) is 12.8 Å². The van der Waals surface area contributed by atoms with Crippen molar-refractivity contribution in [1.29, 1.82) is 0 Å². The molecule has 0 aliphatic heterocycles. The highest BCUT2D eigenvalue weighted by Gasteiger charge is 2.26. The van der Waals surface area contributed by atoms with Gasteiger partial charge in [0.15, 0.2) is 0 Å². The summed E-state index contributed by atoms with van der Waals surface area (Å²) in [7, 11) is -3.69. The molecule has 4 N–H and O–H groups in total. The molecule has 106 valence electrons. The molecule has 3 unspecified atom stereocenters. The van der Waals surface area contributed by atoms with E-state index >= 15 is 0 Å². The first-order valence-electron chi connectivity index (χ1n) is 5.34. The monoisotopic (exact) mass is 283 g/mol. The summed E-state index contributed by atoms with van der Waals surface area (Å²) in [6.45, 7) is 3.30. The van der Waals surface area contributed by atoms with Gasteiger partial charge in [-0.05, 0) is 19.3 Å². The molecule has 0 saturated carbocycles. The van der Waals surface area contributed by atoms with E-state index in [1.54, 1.807) is 13.8 Å². The lowest BCUT2D eigenvalue weighted by molar-refractivity contribution is -0.140. The molecule has 0 aromatic heterocycles. The number of hydrogen-bond acceptors (Lipinski definition) is 6. The first kappa shape index (κ1) is 17.1. The Morgan fingerprint density at radius 3 is 2.44 bits per heavy atom. The van der Waals surface area contributed by atoms with Gasteiger partial charge >= 0.3 is 19.7 Å². The molecule has 0 aromatic rings. The molecule has 0 saturated heterocycles. The van der Waals surface area contributed by atoms with Crippen molar-refractivity contribution >= 4 is 19.7 Å². The predicted octanol–water partition coefficient (Wildman–Crippen LogP) is 0.783. The summed E-state index contributed by atoms with van der Waals surface area (Å²) < 4.78 is 20.0. The fourth-order valence-corrected chi connectivity index (χ4v) is 2.86. The summed E-state index contributed by atoms with van der Waals surface area (Å²) in [6.07, 6.45) is -1.86. The number of carbonyl (C=O) groups is 2. The topological polar surface area (TPSA) is 136 Å². The molecule has 3 atom stereocenters. The molecule has 0 spiro atoms. The second-order valence-corrected chi connectivity index (χ2v) is 5.77. The summed E-state index contributed by atoms with van der Waals surface area (Å²) in [5.41, 5.74) is 5.41. The minimum Gasteiger partial charge on any atom is -0.449 e. The first-order valence-corrected chi connectivity index (χ1v) is 7.10. The van der Waals surface area contributed by atoms with Crippen LogP contribution in [0.15, 0.2) is 0 Å². The maximum atomic E-state index is 11.4. The lowest BCUT2D eigenvalue weighted by atomic mass is 10.0. The molecule has 0 aromatic carbocycles. The van der Waals surface area contributed by atoms with Gasteiger partial charge in [-0.1, -0.05) is 6.92 Å². The number of rotatable bonds is 7. The van der Waals surface area contributed by atoms with Gasteiger partial charge in [0.05, 0.1) is 12.8 Å². The predicted molar refractivity (Wildman–Crippen MR) is 62.2 cm³/mol. The zero-order chi connectivity index (χ0) is 14.3. The van der Waals surface area contributed by atoms with E-state index < -0.39 is 25.8 Å². The third-order valence-corrected chi connectivity index (χ3v) is 3.77. The number of carbonyl (C=O) groups excluding carboxylic acids is 1. The lowest BCUT2D eigenvalue weighted by Gasteiger charge is -2.18. The average Bonchev–Trinajstić information content (AvgIpc) is 2.14. The molecule has 8 nitrogen and oxygen atoms in total. The van der Waals surface area contributed by atoms with Gasteiger partial charge in [0.2, 0.25) is 0 Å². The fraction of sp³-hybridized carbons (Fsp3) is 0.778. The van der Waals surface area contributed by atoms with Crippen molar-refractivity contribution in [3.63, 3.8) is 0 Å². The molecule has 0 fully saturated rings. The number of ether oxygens (including phenoxy) is 1. The van der Waals surface area contributed by atoms with E-state index in [2.05, 4.69) is 9.26 Å². The number of carboxylic acid groups (broad SMARTS) is 1. The second-order valence-electron chi connectivity index (χ2n) is 3.87. The van der Waals surface area contributed by atoms with Gasteiger partial charge in [0.25, 0.3) is 0 Å². The molecule has 0 amide bonds. The molecule has 0 bridgehead atoms. The van der Waals surface area contributed by atoms with Crippen LogP contribution in [0.3, 0.4) is 0 Å². The lowest BCUT2D eigenvalue weighted by Crippen LogP contribution is -2.35. The maximum Gasteiger partial charge on any atom is 0.513 e. The Kier molecular flexibility index (Phi) is 7.08. The van der Waals surface area contributed by atoms with E-state index in [9.17, 15) is 19.0 Å². The minimum atomic E-state index is -3.69. The van der Waals surface area contributed by atoms with Crippen LogP contribution in [0, 0.1) is 5.92 Å². The van der Waals surface area contributed by atoms with Crippen LogP contribution in [-0.4, -0.2) is 40.9 Å². The molecule has 0 heterocycles. The summed E-state index contributed by atoms with van der Waals surface area (Å²) in [4.78, 5) is 30.6. The van der Waals surface area contributed by atoms with Crippen molar-refractivity contribution in [2.45, 2.75) is 26.3 Å².